The molecule has 0 aliphatic heterocycles. The summed E-state index contributed by atoms with van der Waals surface area (Å²) < 4.78 is 10.7. The number of nitro groups is 1. The number of benzene rings is 2. The van der Waals surface area contributed by atoms with E-state index in [1.807, 2.05) is 0 Å². The molecule has 110 valence electrons. The predicted octanol–water partition coefficient (Wildman–Crippen LogP) is 3.45. The minimum Gasteiger partial charge on any atom is -0.497 e. The van der Waals surface area contributed by atoms with Gasteiger partial charge < -0.3 is 14.6 Å². The minimum absolute atomic E-state index is 0.0625. The number of hydrogen-bond donors (Lipinski definition) is 1. The van der Waals surface area contributed by atoms with Gasteiger partial charge in [-0.3, -0.25) is 10.1 Å². The zero-order valence-corrected chi connectivity index (χ0v) is 11.6. The summed E-state index contributed by atoms with van der Waals surface area (Å²) >= 11 is 0. The van der Waals surface area contributed by atoms with Gasteiger partial charge in [0, 0.05) is 17.7 Å². The van der Waals surface area contributed by atoms with Gasteiger partial charge in [-0.15, -0.1) is 0 Å². The lowest BCUT2D eigenvalue weighted by Crippen LogP contribution is -1.98. The molecule has 2 aromatic rings. The molecule has 0 amide bonds. The first kappa shape index (κ1) is 14.8. The van der Waals surface area contributed by atoms with E-state index < -0.39 is 11.0 Å². The number of ether oxygens (including phenoxy) is 2. The van der Waals surface area contributed by atoms with Crippen LogP contribution in [-0.4, -0.2) is 17.1 Å². The van der Waals surface area contributed by atoms with Crippen molar-refractivity contribution in [3.8, 4) is 17.2 Å². The van der Waals surface area contributed by atoms with Gasteiger partial charge in [0.25, 0.3) is 0 Å². The molecule has 0 radical (unpaired) electrons. The predicted molar refractivity (Wildman–Crippen MR) is 76.8 cm³/mol. The molecule has 0 unspecified atom stereocenters. The van der Waals surface area contributed by atoms with Crippen LogP contribution in [0, 0.1) is 10.1 Å². The van der Waals surface area contributed by atoms with E-state index in [1.54, 1.807) is 31.2 Å². The molecular formula is C15H15NO5. The van der Waals surface area contributed by atoms with Crippen molar-refractivity contribution in [1.82, 2.24) is 0 Å². The van der Waals surface area contributed by atoms with Crippen molar-refractivity contribution < 1.29 is 19.5 Å². The van der Waals surface area contributed by atoms with E-state index in [2.05, 4.69) is 0 Å². The van der Waals surface area contributed by atoms with Crippen LogP contribution in [0.5, 0.6) is 17.2 Å². The first-order chi connectivity index (χ1) is 10.0. The normalized spacial score (nSPS) is 11.8. The molecule has 0 spiro atoms. The fraction of sp³-hybridized carbons (Fsp3) is 0.200. The monoisotopic (exact) mass is 289 g/mol. The molecule has 2 rings (SSSR count). The van der Waals surface area contributed by atoms with Crippen molar-refractivity contribution in [2.75, 3.05) is 7.11 Å². The van der Waals surface area contributed by atoms with E-state index in [4.69, 9.17) is 9.47 Å². The lowest BCUT2D eigenvalue weighted by molar-refractivity contribution is -0.385. The smallest absolute Gasteiger partial charge is 0.311 e. The van der Waals surface area contributed by atoms with Gasteiger partial charge in [-0.1, -0.05) is 18.2 Å². The Bertz CT molecular complexity index is 654. The summed E-state index contributed by atoms with van der Waals surface area (Å²) in [6, 6.07) is 11.1. The van der Waals surface area contributed by atoms with E-state index in [1.165, 1.54) is 25.3 Å². The summed E-state index contributed by atoms with van der Waals surface area (Å²) in [5, 5.41) is 20.8. The second-order valence-corrected chi connectivity index (χ2v) is 4.41. The summed E-state index contributed by atoms with van der Waals surface area (Å²) in [6.45, 7) is 1.60. The highest BCUT2D eigenvalue weighted by Gasteiger charge is 2.18. The number of aliphatic hydroxyl groups excluding tert-OH is 1. The van der Waals surface area contributed by atoms with Crippen LogP contribution in [0.25, 0.3) is 0 Å². The number of rotatable bonds is 5. The molecule has 0 saturated heterocycles. The van der Waals surface area contributed by atoms with Crippen molar-refractivity contribution in [3.05, 3.63) is 58.1 Å². The third kappa shape index (κ3) is 3.29. The van der Waals surface area contributed by atoms with E-state index in [0.717, 1.165) is 0 Å². The lowest BCUT2D eigenvalue weighted by Gasteiger charge is -2.13. The molecule has 6 nitrogen and oxygen atoms in total. The van der Waals surface area contributed by atoms with Crippen molar-refractivity contribution in [1.29, 1.82) is 0 Å². The first-order valence-corrected chi connectivity index (χ1v) is 6.30. The fourth-order valence-electron chi connectivity index (χ4n) is 1.89. The highest BCUT2D eigenvalue weighted by molar-refractivity contribution is 5.53. The average Bonchev–Trinajstić information content (AvgIpc) is 2.47. The van der Waals surface area contributed by atoms with Gasteiger partial charge in [0.15, 0.2) is 0 Å². The van der Waals surface area contributed by atoms with E-state index in [0.29, 0.717) is 17.1 Å². The van der Waals surface area contributed by atoms with Crippen LogP contribution in [0.15, 0.2) is 42.5 Å². The number of nitro benzene ring substituents is 1. The third-order valence-corrected chi connectivity index (χ3v) is 2.95. The first-order valence-electron chi connectivity index (χ1n) is 6.30. The Morgan fingerprint density at radius 1 is 1.19 bits per heavy atom. The van der Waals surface area contributed by atoms with Crippen LogP contribution < -0.4 is 9.47 Å². The second-order valence-electron chi connectivity index (χ2n) is 4.41. The zero-order chi connectivity index (χ0) is 15.4. The summed E-state index contributed by atoms with van der Waals surface area (Å²) in [4.78, 5) is 10.5. The van der Waals surface area contributed by atoms with Crippen LogP contribution in [0.4, 0.5) is 5.69 Å². The molecule has 0 aromatic heterocycles. The van der Waals surface area contributed by atoms with Gasteiger partial charge in [-0.25, -0.2) is 0 Å². The molecule has 6 heteroatoms. The number of para-hydroxylation sites is 1. The number of methoxy groups -OCH3 is 1. The summed E-state index contributed by atoms with van der Waals surface area (Å²) in [6.07, 6.45) is -0.745. The third-order valence-electron chi connectivity index (χ3n) is 2.95. The summed E-state index contributed by atoms with van der Waals surface area (Å²) in [5.41, 5.74) is 0.380. The van der Waals surface area contributed by atoms with Crippen molar-refractivity contribution in [3.63, 3.8) is 0 Å². The highest BCUT2D eigenvalue weighted by atomic mass is 16.6. The van der Waals surface area contributed by atoms with Gasteiger partial charge in [0.2, 0.25) is 5.75 Å². The molecular weight excluding hydrogens is 274 g/mol. The van der Waals surface area contributed by atoms with Crippen molar-refractivity contribution in [2.45, 2.75) is 13.0 Å². The quantitative estimate of drug-likeness (QED) is 0.673. The largest absolute Gasteiger partial charge is 0.497 e. The van der Waals surface area contributed by atoms with E-state index >= 15 is 0 Å². The molecule has 1 atom stereocenters. The van der Waals surface area contributed by atoms with E-state index in [-0.39, 0.29) is 11.4 Å². The Hall–Kier alpha value is -2.60. The number of hydrogen-bond acceptors (Lipinski definition) is 5. The SMILES string of the molecule is COc1ccc([N+](=O)[O-])c(Oc2ccccc2[C@H](C)O)c1. The Kier molecular flexibility index (Phi) is 4.39. The van der Waals surface area contributed by atoms with Gasteiger partial charge in [-0.05, 0) is 19.1 Å². The molecule has 0 bridgehead atoms. The van der Waals surface area contributed by atoms with Crippen LogP contribution in [0.2, 0.25) is 0 Å². The van der Waals surface area contributed by atoms with Crippen LogP contribution in [0.3, 0.4) is 0 Å². The molecule has 0 heterocycles. The molecule has 0 saturated carbocycles. The van der Waals surface area contributed by atoms with Gasteiger partial charge in [-0.2, -0.15) is 0 Å². The minimum atomic E-state index is -0.745. The maximum Gasteiger partial charge on any atom is 0.311 e. The van der Waals surface area contributed by atoms with Gasteiger partial charge in [0.1, 0.15) is 11.5 Å². The highest BCUT2D eigenvalue weighted by Crippen LogP contribution is 2.37. The summed E-state index contributed by atoms with van der Waals surface area (Å²) in [7, 11) is 1.47. The van der Waals surface area contributed by atoms with E-state index in [9.17, 15) is 15.2 Å². The molecule has 0 fully saturated rings. The Labute approximate surface area is 121 Å². The Morgan fingerprint density at radius 3 is 2.52 bits per heavy atom. The van der Waals surface area contributed by atoms with Crippen molar-refractivity contribution >= 4 is 5.69 Å². The number of nitrogens with zero attached hydrogens (tertiary/aromatic N) is 1. The molecule has 21 heavy (non-hydrogen) atoms. The topological polar surface area (TPSA) is 81.8 Å². The lowest BCUT2D eigenvalue weighted by atomic mass is 10.1. The molecule has 0 aliphatic carbocycles. The van der Waals surface area contributed by atoms with Crippen molar-refractivity contribution in [2.24, 2.45) is 0 Å². The van der Waals surface area contributed by atoms with Crippen LogP contribution in [-0.2, 0) is 0 Å². The molecule has 1 N–H and O–H groups in total. The Balaban J connectivity index is 2.45. The average molecular weight is 289 g/mol. The molecule has 0 aliphatic rings. The molecule has 2 aromatic carbocycles. The zero-order valence-electron chi connectivity index (χ0n) is 11.6. The van der Waals surface area contributed by atoms with Crippen LogP contribution in [0.1, 0.15) is 18.6 Å². The maximum atomic E-state index is 11.1. The Morgan fingerprint density at radius 2 is 1.90 bits per heavy atom. The van der Waals surface area contributed by atoms with Crippen LogP contribution >= 0.6 is 0 Å². The summed E-state index contributed by atoms with van der Waals surface area (Å²) in [5.74, 6) is 0.876. The fourth-order valence-corrected chi connectivity index (χ4v) is 1.89. The standard InChI is InChI=1S/C15H15NO5/c1-10(17)12-5-3-4-6-14(12)21-15-9-11(20-2)7-8-13(15)16(18)19/h3-10,17H,1-2H3/t10-/m0/s1. The van der Waals surface area contributed by atoms with Gasteiger partial charge >= 0.3 is 5.69 Å². The second kappa shape index (κ2) is 6.23. The maximum absolute atomic E-state index is 11.1. The number of aliphatic hydroxyl groups is 1. The van der Waals surface area contributed by atoms with Gasteiger partial charge in [0.05, 0.1) is 18.1 Å².